The van der Waals surface area contributed by atoms with Crippen molar-refractivity contribution in [2.75, 3.05) is 19.6 Å². The smallest absolute Gasteiger partial charge is 0.0197 e. The standard InChI is InChI=1S/C15H30N2/c1-13(2)16-15-9-6-10-17(12-15)11-14-7-4-3-5-8-14/h13-16H,3-12H2,1-2H3. The fourth-order valence-electron chi connectivity index (χ4n) is 3.56. The molecule has 100 valence electrons. The predicted molar refractivity (Wildman–Crippen MR) is 74.3 cm³/mol. The zero-order valence-electron chi connectivity index (χ0n) is 11.8. The van der Waals surface area contributed by atoms with Crippen LogP contribution in [0.3, 0.4) is 0 Å². The Morgan fingerprint density at radius 2 is 1.82 bits per heavy atom. The van der Waals surface area contributed by atoms with E-state index < -0.39 is 0 Å². The molecule has 1 unspecified atom stereocenters. The molecule has 0 aromatic carbocycles. The highest BCUT2D eigenvalue weighted by atomic mass is 15.2. The molecule has 1 heterocycles. The van der Waals surface area contributed by atoms with E-state index in [1.54, 1.807) is 0 Å². The molecule has 1 N–H and O–H groups in total. The van der Waals surface area contributed by atoms with Gasteiger partial charge in [0.15, 0.2) is 0 Å². The first-order valence-electron chi connectivity index (χ1n) is 7.72. The molecule has 0 amide bonds. The summed E-state index contributed by atoms with van der Waals surface area (Å²) in [6, 6.07) is 1.38. The van der Waals surface area contributed by atoms with Gasteiger partial charge in [-0.2, -0.15) is 0 Å². The molecule has 1 saturated carbocycles. The minimum absolute atomic E-state index is 0.634. The fraction of sp³-hybridized carbons (Fsp3) is 1.00. The van der Waals surface area contributed by atoms with Crippen LogP contribution in [0.1, 0.15) is 58.8 Å². The van der Waals surface area contributed by atoms with Crippen LogP contribution in [0.25, 0.3) is 0 Å². The minimum Gasteiger partial charge on any atom is -0.311 e. The Balaban J connectivity index is 1.72. The van der Waals surface area contributed by atoms with Gasteiger partial charge in [-0.05, 0) is 38.1 Å². The number of nitrogens with one attached hydrogen (secondary N) is 1. The van der Waals surface area contributed by atoms with E-state index in [1.807, 2.05) is 0 Å². The lowest BCUT2D eigenvalue weighted by atomic mass is 9.88. The zero-order valence-corrected chi connectivity index (χ0v) is 11.8. The highest BCUT2D eigenvalue weighted by Crippen LogP contribution is 2.25. The summed E-state index contributed by atoms with van der Waals surface area (Å²) in [6.07, 6.45) is 10.2. The van der Waals surface area contributed by atoms with Crippen LogP contribution in [0.2, 0.25) is 0 Å². The van der Waals surface area contributed by atoms with Crippen LogP contribution >= 0.6 is 0 Å². The van der Waals surface area contributed by atoms with Gasteiger partial charge < -0.3 is 10.2 Å². The Hall–Kier alpha value is -0.0800. The van der Waals surface area contributed by atoms with Crippen LogP contribution in [0, 0.1) is 5.92 Å². The number of rotatable bonds is 4. The van der Waals surface area contributed by atoms with E-state index >= 15 is 0 Å². The maximum absolute atomic E-state index is 3.71. The summed E-state index contributed by atoms with van der Waals surface area (Å²) in [5.41, 5.74) is 0. The summed E-state index contributed by atoms with van der Waals surface area (Å²) in [5, 5.41) is 3.71. The maximum atomic E-state index is 3.71. The van der Waals surface area contributed by atoms with Gasteiger partial charge in [0.1, 0.15) is 0 Å². The van der Waals surface area contributed by atoms with E-state index in [1.165, 1.54) is 64.6 Å². The molecule has 17 heavy (non-hydrogen) atoms. The second-order valence-electron chi connectivity index (χ2n) is 6.42. The molecule has 0 aromatic heterocycles. The number of hydrogen-bond donors (Lipinski definition) is 1. The van der Waals surface area contributed by atoms with E-state index in [2.05, 4.69) is 24.1 Å². The topological polar surface area (TPSA) is 15.3 Å². The summed E-state index contributed by atoms with van der Waals surface area (Å²) < 4.78 is 0. The molecule has 2 nitrogen and oxygen atoms in total. The lowest BCUT2D eigenvalue weighted by Gasteiger charge is -2.37. The van der Waals surface area contributed by atoms with Gasteiger partial charge >= 0.3 is 0 Å². The van der Waals surface area contributed by atoms with Crippen LogP contribution in [0.4, 0.5) is 0 Å². The van der Waals surface area contributed by atoms with Crippen molar-refractivity contribution in [1.82, 2.24) is 10.2 Å². The first kappa shape index (κ1) is 13.4. The molecule has 2 heteroatoms. The highest BCUT2D eigenvalue weighted by molar-refractivity contribution is 4.81. The van der Waals surface area contributed by atoms with Crippen molar-refractivity contribution >= 4 is 0 Å². The number of likely N-dealkylation sites (tertiary alicyclic amines) is 1. The van der Waals surface area contributed by atoms with Gasteiger partial charge in [-0.15, -0.1) is 0 Å². The third kappa shape index (κ3) is 4.59. The van der Waals surface area contributed by atoms with Crippen molar-refractivity contribution in [1.29, 1.82) is 0 Å². The molecule has 2 fully saturated rings. The lowest BCUT2D eigenvalue weighted by Crippen LogP contribution is -2.49. The van der Waals surface area contributed by atoms with Gasteiger partial charge in [0.25, 0.3) is 0 Å². The molecule has 0 radical (unpaired) electrons. The SMILES string of the molecule is CC(C)NC1CCCN(CC2CCCCC2)C1. The van der Waals surface area contributed by atoms with E-state index in [-0.39, 0.29) is 0 Å². The predicted octanol–water partition coefficient (Wildman–Crippen LogP) is 3.03. The van der Waals surface area contributed by atoms with Gasteiger partial charge in [0.05, 0.1) is 0 Å². The monoisotopic (exact) mass is 238 g/mol. The van der Waals surface area contributed by atoms with Crippen molar-refractivity contribution < 1.29 is 0 Å². The van der Waals surface area contributed by atoms with E-state index in [4.69, 9.17) is 0 Å². The van der Waals surface area contributed by atoms with Crippen molar-refractivity contribution in [3.63, 3.8) is 0 Å². The lowest BCUT2D eigenvalue weighted by molar-refractivity contribution is 0.147. The molecular weight excluding hydrogens is 208 g/mol. The van der Waals surface area contributed by atoms with Gasteiger partial charge in [-0.1, -0.05) is 33.1 Å². The average Bonchev–Trinajstić information content (AvgIpc) is 2.30. The summed E-state index contributed by atoms with van der Waals surface area (Å²) in [7, 11) is 0. The van der Waals surface area contributed by atoms with E-state index in [0.29, 0.717) is 6.04 Å². The second kappa shape index (κ2) is 6.75. The second-order valence-corrected chi connectivity index (χ2v) is 6.42. The minimum atomic E-state index is 0.634. The Labute approximate surface area is 107 Å². The normalized spacial score (nSPS) is 28.8. The number of nitrogens with zero attached hydrogens (tertiary/aromatic N) is 1. The Morgan fingerprint density at radius 1 is 1.06 bits per heavy atom. The van der Waals surface area contributed by atoms with Crippen LogP contribution < -0.4 is 5.32 Å². The molecule has 0 bridgehead atoms. The van der Waals surface area contributed by atoms with Gasteiger partial charge in [-0.25, -0.2) is 0 Å². The van der Waals surface area contributed by atoms with E-state index in [0.717, 1.165) is 12.0 Å². The Morgan fingerprint density at radius 3 is 2.53 bits per heavy atom. The summed E-state index contributed by atoms with van der Waals surface area (Å²) >= 11 is 0. The van der Waals surface area contributed by atoms with Gasteiger partial charge in [0, 0.05) is 25.2 Å². The largest absolute Gasteiger partial charge is 0.311 e. The molecular formula is C15H30N2. The summed E-state index contributed by atoms with van der Waals surface area (Å²) in [4.78, 5) is 2.72. The molecule has 1 atom stereocenters. The molecule has 0 aromatic rings. The van der Waals surface area contributed by atoms with Crippen LogP contribution in [0.5, 0.6) is 0 Å². The summed E-state index contributed by atoms with van der Waals surface area (Å²) in [6.45, 7) is 8.53. The van der Waals surface area contributed by atoms with Crippen molar-refractivity contribution in [3.8, 4) is 0 Å². The van der Waals surface area contributed by atoms with Crippen LogP contribution in [0.15, 0.2) is 0 Å². The maximum Gasteiger partial charge on any atom is 0.0197 e. The van der Waals surface area contributed by atoms with Crippen LogP contribution in [-0.2, 0) is 0 Å². The molecule has 1 aliphatic carbocycles. The first-order chi connectivity index (χ1) is 8.24. The average molecular weight is 238 g/mol. The number of piperidine rings is 1. The molecule has 2 rings (SSSR count). The van der Waals surface area contributed by atoms with Crippen molar-refractivity contribution in [2.45, 2.75) is 70.9 Å². The van der Waals surface area contributed by atoms with Crippen molar-refractivity contribution in [2.24, 2.45) is 5.92 Å². The number of hydrogen-bond acceptors (Lipinski definition) is 2. The highest BCUT2D eigenvalue weighted by Gasteiger charge is 2.23. The van der Waals surface area contributed by atoms with E-state index in [9.17, 15) is 0 Å². The van der Waals surface area contributed by atoms with Gasteiger partial charge in [0.2, 0.25) is 0 Å². The zero-order chi connectivity index (χ0) is 12.1. The first-order valence-corrected chi connectivity index (χ1v) is 7.72. The third-order valence-corrected chi connectivity index (χ3v) is 4.32. The third-order valence-electron chi connectivity index (χ3n) is 4.32. The molecule has 1 saturated heterocycles. The quantitative estimate of drug-likeness (QED) is 0.810. The summed E-state index contributed by atoms with van der Waals surface area (Å²) in [5.74, 6) is 1.00. The Kier molecular flexibility index (Phi) is 5.30. The molecule has 2 aliphatic rings. The van der Waals surface area contributed by atoms with Crippen LogP contribution in [-0.4, -0.2) is 36.6 Å². The molecule has 1 aliphatic heterocycles. The van der Waals surface area contributed by atoms with Gasteiger partial charge in [-0.3, -0.25) is 0 Å². The Bertz CT molecular complexity index is 209. The van der Waals surface area contributed by atoms with Crippen molar-refractivity contribution in [3.05, 3.63) is 0 Å². The fourth-order valence-corrected chi connectivity index (χ4v) is 3.56. The molecule has 0 spiro atoms.